The molecule has 7 nitrogen and oxygen atoms in total. The number of amides is 1. The SMILES string of the molecule is O=C(O)C1=CCS(=O)(=O)C2C(=Cc3ccccn3)C(=O)N12. The van der Waals surface area contributed by atoms with Crippen LogP contribution in [0.5, 0.6) is 0 Å². The maximum absolute atomic E-state index is 12.1. The van der Waals surface area contributed by atoms with Gasteiger partial charge in [0.1, 0.15) is 5.70 Å². The smallest absolute Gasteiger partial charge is 0.352 e. The van der Waals surface area contributed by atoms with Crippen LogP contribution in [0.2, 0.25) is 0 Å². The van der Waals surface area contributed by atoms with Crippen molar-refractivity contribution in [3.8, 4) is 0 Å². The van der Waals surface area contributed by atoms with Gasteiger partial charge in [-0.1, -0.05) is 6.07 Å². The zero-order valence-corrected chi connectivity index (χ0v) is 11.4. The molecule has 0 saturated carbocycles. The van der Waals surface area contributed by atoms with Gasteiger partial charge in [-0.3, -0.25) is 14.7 Å². The minimum atomic E-state index is -3.62. The van der Waals surface area contributed by atoms with Gasteiger partial charge in [0.25, 0.3) is 5.91 Å². The highest BCUT2D eigenvalue weighted by atomic mass is 32.2. The third-order valence-corrected chi connectivity index (χ3v) is 5.06. The molecule has 3 heterocycles. The number of carboxylic acid groups (broad SMARTS) is 1. The summed E-state index contributed by atoms with van der Waals surface area (Å²) in [6, 6.07) is 5.03. The fourth-order valence-corrected chi connectivity index (χ4v) is 4.00. The van der Waals surface area contributed by atoms with Gasteiger partial charge >= 0.3 is 5.97 Å². The minimum absolute atomic E-state index is 0.0422. The maximum Gasteiger partial charge on any atom is 0.352 e. The molecule has 0 radical (unpaired) electrons. The van der Waals surface area contributed by atoms with Crippen LogP contribution >= 0.6 is 0 Å². The number of hydrogen-bond donors (Lipinski definition) is 1. The lowest BCUT2D eigenvalue weighted by molar-refractivity contribution is -0.141. The summed E-state index contributed by atoms with van der Waals surface area (Å²) in [5.74, 6) is -2.34. The number of hydrogen-bond acceptors (Lipinski definition) is 5. The first-order chi connectivity index (χ1) is 9.92. The fourth-order valence-electron chi connectivity index (χ4n) is 2.34. The van der Waals surface area contributed by atoms with Gasteiger partial charge < -0.3 is 5.11 Å². The van der Waals surface area contributed by atoms with Gasteiger partial charge in [-0.2, -0.15) is 0 Å². The maximum atomic E-state index is 12.1. The summed E-state index contributed by atoms with van der Waals surface area (Å²) in [6.45, 7) is 0. The number of sulfone groups is 1. The second-order valence-electron chi connectivity index (χ2n) is 4.61. The van der Waals surface area contributed by atoms with Gasteiger partial charge in [0, 0.05) is 6.20 Å². The van der Waals surface area contributed by atoms with Gasteiger partial charge in [0.2, 0.25) is 0 Å². The van der Waals surface area contributed by atoms with Gasteiger partial charge in [-0.25, -0.2) is 13.2 Å². The van der Waals surface area contributed by atoms with Crippen LogP contribution in [0.4, 0.5) is 0 Å². The average Bonchev–Trinajstić information content (AvgIpc) is 2.44. The molecule has 3 rings (SSSR count). The molecule has 2 aliphatic rings. The molecule has 0 bridgehead atoms. The predicted molar refractivity (Wildman–Crippen MR) is 72.4 cm³/mol. The van der Waals surface area contributed by atoms with E-state index in [1.165, 1.54) is 12.3 Å². The van der Waals surface area contributed by atoms with E-state index < -0.39 is 32.8 Å². The van der Waals surface area contributed by atoms with Crippen molar-refractivity contribution in [1.82, 2.24) is 9.88 Å². The predicted octanol–water partition coefficient (Wildman–Crippen LogP) is 0.0302. The fraction of sp³-hybridized carbons (Fsp3) is 0.154. The largest absolute Gasteiger partial charge is 0.477 e. The molecule has 1 atom stereocenters. The average molecular weight is 306 g/mol. The first kappa shape index (κ1) is 13.5. The number of fused-ring (bicyclic) bond motifs is 1. The van der Waals surface area contributed by atoms with Crippen LogP contribution in [0.3, 0.4) is 0 Å². The minimum Gasteiger partial charge on any atom is -0.477 e. The molecule has 108 valence electrons. The Morgan fingerprint density at radius 3 is 2.81 bits per heavy atom. The van der Waals surface area contributed by atoms with E-state index >= 15 is 0 Å². The van der Waals surface area contributed by atoms with Crippen molar-refractivity contribution in [2.45, 2.75) is 5.37 Å². The highest BCUT2D eigenvalue weighted by Crippen LogP contribution is 2.38. The third-order valence-electron chi connectivity index (χ3n) is 3.29. The van der Waals surface area contributed by atoms with Crippen molar-refractivity contribution in [1.29, 1.82) is 0 Å². The number of β-lactam (4-membered cyclic amide) rings is 1. The number of carbonyl (C=O) groups is 2. The van der Waals surface area contributed by atoms with Crippen molar-refractivity contribution < 1.29 is 23.1 Å². The molecule has 21 heavy (non-hydrogen) atoms. The van der Waals surface area contributed by atoms with E-state index in [2.05, 4.69) is 4.98 Å². The summed E-state index contributed by atoms with van der Waals surface area (Å²) in [5.41, 5.74) is 0.195. The Balaban J connectivity index is 2.05. The lowest BCUT2D eigenvalue weighted by Gasteiger charge is -2.43. The van der Waals surface area contributed by atoms with Crippen LogP contribution in [0.1, 0.15) is 5.69 Å². The number of nitrogens with zero attached hydrogens (tertiary/aromatic N) is 2. The van der Waals surface area contributed by atoms with E-state index in [0.717, 1.165) is 11.0 Å². The first-order valence-electron chi connectivity index (χ1n) is 6.03. The quantitative estimate of drug-likeness (QED) is 0.610. The van der Waals surface area contributed by atoms with Crippen molar-refractivity contribution in [2.75, 3.05) is 5.75 Å². The Morgan fingerprint density at radius 2 is 2.19 bits per heavy atom. The molecule has 1 N–H and O–H groups in total. The molecule has 1 unspecified atom stereocenters. The monoisotopic (exact) mass is 306 g/mol. The number of carboxylic acids is 1. The van der Waals surface area contributed by atoms with Crippen LogP contribution in [-0.4, -0.2) is 46.4 Å². The first-order valence-corrected chi connectivity index (χ1v) is 7.74. The highest BCUT2D eigenvalue weighted by Gasteiger charge is 2.54. The zero-order chi connectivity index (χ0) is 15.2. The number of aromatic nitrogens is 1. The van der Waals surface area contributed by atoms with Crippen molar-refractivity contribution in [2.24, 2.45) is 0 Å². The Morgan fingerprint density at radius 1 is 1.43 bits per heavy atom. The molecule has 0 aliphatic carbocycles. The summed E-state index contributed by atoms with van der Waals surface area (Å²) in [6.07, 6.45) is 3.95. The molecule has 8 heteroatoms. The molecular formula is C13H10N2O5S. The van der Waals surface area contributed by atoms with Crippen molar-refractivity contribution in [3.63, 3.8) is 0 Å². The molecule has 1 saturated heterocycles. The normalized spacial score (nSPS) is 25.0. The molecule has 1 aromatic rings. The molecular weight excluding hydrogens is 296 g/mol. The van der Waals surface area contributed by atoms with Gasteiger partial charge in [-0.05, 0) is 24.3 Å². The lowest BCUT2D eigenvalue weighted by Crippen LogP contribution is -2.61. The molecule has 0 aromatic carbocycles. The molecule has 0 spiro atoms. The number of pyridine rings is 1. The summed E-state index contributed by atoms with van der Waals surface area (Å²) < 4.78 is 24.1. The van der Waals surface area contributed by atoms with Crippen LogP contribution < -0.4 is 0 Å². The van der Waals surface area contributed by atoms with E-state index in [1.807, 2.05) is 0 Å². The summed E-state index contributed by atoms with van der Waals surface area (Å²) in [7, 11) is -3.62. The Hall–Kier alpha value is -2.48. The van der Waals surface area contributed by atoms with E-state index in [-0.39, 0.29) is 11.3 Å². The second kappa shape index (κ2) is 4.52. The van der Waals surface area contributed by atoms with Gasteiger partial charge in [-0.15, -0.1) is 0 Å². The molecule has 1 aromatic heterocycles. The van der Waals surface area contributed by atoms with Crippen LogP contribution in [-0.2, 0) is 19.4 Å². The second-order valence-corrected chi connectivity index (χ2v) is 6.71. The number of aliphatic carboxylic acids is 1. The van der Waals surface area contributed by atoms with E-state index in [4.69, 9.17) is 5.11 Å². The Bertz CT molecular complexity index is 795. The topological polar surface area (TPSA) is 105 Å². The van der Waals surface area contributed by atoms with Gasteiger partial charge in [0.15, 0.2) is 15.2 Å². The molecule has 1 fully saturated rings. The molecule has 2 aliphatic heterocycles. The molecule has 1 amide bonds. The Labute approximate surface area is 120 Å². The number of rotatable bonds is 2. The summed E-state index contributed by atoms with van der Waals surface area (Å²) >= 11 is 0. The zero-order valence-electron chi connectivity index (χ0n) is 10.6. The van der Waals surface area contributed by atoms with E-state index in [1.54, 1.807) is 18.2 Å². The van der Waals surface area contributed by atoms with Crippen LogP contribution in [0.25, 0.3) is 6.08 Å². The van der Waals surface area contributed by atoms with Crippen LogP contribution in [0, 0.1) is 0 Å². The van der Waals surface area contributed by atoms with E-state index in [9.17, 15) is 18.0 Å². The highest BCUT2D eigenvalue weighted by molar-refractivity contribution is 7.92. The van der Waals surface area contributed by atoms with Crippen LogP contribution in [0.15, 0.2) is 41.7 Å². The summed E-state index contributed by atoms with van der Waals surface area (Å²) in [4.78, 5) is 27.9. The van der Waals surface area contributed by atoms with E-state index in [0.29, 0.717) is 5.69 Å². The number of carbonyl (C=O) groups excluding carboxylic acids is 1. The lowest BCUT2D eigenvalue weighted by atomic mass is 10.0. The van der Waals surface area contributed by atoms with Crippen molar-refractivity contribution in [3.05, 3.63) is 47.4 Å². The van der Waals surface area contributed by atoms with Crippen molar-refractivity contribution >= 4 is 27.8 Å². The Kier molecular flexibility index (Phi) is 2.91. The third kappa shape index (κ3) is 2.04. The summed E-state index contributed by atoms with van der Waals surface area (Å²) in [5, 5.41) is 7.80. The standard InChI is InChI=1S/C13H10N2O5S/c16-11-9(7-8-3-1-2-5-14-8)12-15(11)10(13(17)18)4-6-21(12,19)20/h1-5,7,12H,6H2,(H,17,18). The van der Waals surface area contributed by atoms with Gasteiger partial charge in [0.05, 0.1) is 17.0 Å².